The molecule has 3 N–H and O–H groups in total. The maximum Gasteiger partial charge on any atom is 0.305 e. The average molecular weight is 820 g/mol. The maximum absolute atomic E-state index is 12.5. The molecule has 0 aromatic rings. The third-order valence-corrected chi connectivity index (χ3v) is 12.1. The first-order valence-electron chi connectivity index (χ1n) is 25.9. The molecule has 0 saturated carbocycles. The Hall–Kier alpha value is -1.40. The van der Waals surface area contributed by atoms with Gasteiger partial charge in [0.1, 0.15) is 0 Å². The van der Waals surface area contributed by atoms with Crippen LogP contribution in [0.4, 0.5) is 0 Å². The molecule has 6 nitrogen and oxygen atoms in total. The van der Waals surface area contributed by atoms with Gasteiger partial charge in [0.25, 0.3) is 0 Å². The summed E-state index contributed by atoms with van der Waals surface area (Å²) in [5, 5.41) is 23.3. The van der Waals surface area contributed by atoms with Gasteiger partial charge >= 0.3 is 5.97 Å². The van der Waals surface area contributed by atoms with Crippen LogP contribution in [0.5, 0.6) is 0 Å². The van der Waals surface area contributed by atoms with Crippen LogP contribution < -0.4 is 5.32 Å². The number of nitrogens with one attached hydrogen (secondary N) is 1. The number of unbranched alkanes of at least 4 members (excludes halogenated alkanes) is 35. The van der Waals surface area contributed by atoms with Crippen molar-refractivity contribution in [1.82, 2.24) is 5.32 Å². The standard InChI is InChI=1S/C52H101NO5/c1-3-5-7-9-11-13-15-17-18-19-20-21-22-23-24-28-32-36-40-44-50(55)49(48-54)53-51(56)45-41-37-33-29-26-27-31-35-39-43-47-58-52(57)46-42-38-34-30-25-16-14-12-10-8-6-4-2/h12,14,49-50,54-55H,3-11,13,15-48H2,1-2H3,(H,53,56)/b14-12-. The lowest BCUT2D eigenvalue weighted by atomic mass is 10.0. The van der Waals surface area contributed by atoms with Crippen molar-refractivity contribution in [2.24, 2.45) is 0 Å². The van der Waals surface area contributed by atoms with Gasteiger partial charge in [-0.2, -0.15) is 0 Å². The van der Waals surface area contributed by atoms with E-state index in [4.69, 9.17) is 4.74 Å². The molecule has 58 heavy (non-hydrogen) atoms. The summed E-state index contributed by atoms with van der Waals surface area (Å²) in [6.45, 7) is 4.88. The zero-order valence-corrected chi connectivity index (χ0v) is 39.0. The van der Waals surface area contributed by atoms with Crippen LogP contribution >= 0.6 is 0 Å². The van der Waals surface area contributed by atoms with E-state index in [9.17, 15) is 19.8 Å². The van der Waals surface area contributed by atoms with Crippen molar-refractivity contribution in [2.75, 3.05) is 13.2 Å². The molecule has 0 aromatic heterocycles. The van der Waals surface area contributed by atoms with Gasteiger partial charge in [-0.15, -0.1) is 0 Å². The number of carbonyl (C=O) groups excluding carboxylic acids is 2. The molecule has 0 aliphatic carbocycles. The fourth-order valence-corrected chi connectivity index (χ4v) is 8.05. The minimum absolute atomic E-state index is 0.0283. The van der Waals surface area contributed by atoms with Gasteiger partial charge in [-0.25, -0.2) is 0 Å². The molecule has 6 heteroatoms. The SMILES string of the molecule is CCCCC/C=C\CCCCCCCC(=O)OCCCCCCCCCCCCC(=O)NC(CO)C(O)CCCCCCCCCCCCCCCCCCCCC. The number of ether oxygens (including phenoxy) is 1. The van der Waals surface area contributed by atoms with Crippen LogP contribution in [0.3, 0.4) is 0 Å². The molecule has 0 aliphatic heterocycles. The summed E-state index contributed by atoms with van der Waals surface area (Å²) >= 11 is 0. The van der Waals surface area contributed by atoms with E-state index >= 15 is 0 Å². The average Bonchev–Trinajstić information content (AvgIpc) is 3.22. The molecule has 0 radical (unpaired) electrons. The van der Waals surface area contributed by atoms with E-state index in [-0.39, 0.29) is 18.5 Å². The Morgan fingerprint density at radius 3 is 1.26 bits per heavy atom. The highest BCUT2D eigenvalue weighted by Crippen LogP contribution is 2.17. The first-order chi connectivity index (χ1) is 28.5. The van der Waals surface area contributed by atoms with Crippen LogP contribution in [0.2, 0.25) is 0 Å². The lowest BCUT2D eigenvalue weighted by Crippen LogP contribution is -2.45. The van der Waals surface area contributed by atoms with E-state index in [2.05, 4.69) is 31.3 Å². The van der Waals surface area contributed by atoms with E-state index in [1.807, 2.05) is 0 Å². The monoisotopic (exact) mass is 820 g/mol. The van der Waals surface area contributed by atoms with Crippen molar-refractivity contribution in [3.63, 3.8) is 0 Å². The molecule has 1 amide bonds. The maximum atomic E-state index is 12.5. The Morgan fingerprint density at radius 1 is 0.466 bits per heavy atom. The van der Waals surface area contributed by atoms with Crippen LogP contribution in [0, 0.1) is 0 Å². The number of hydrogen-bond acceptors (Lipinski definition) is 5. The van der Waals surface area contributed by atoms with Gasteiger partial charge in [0.2, 0.25) is 5.91 Å². The van der Waals surface area contributed by atoms with Crippen LogP contribution in [-0.2, 0) is 14.3 Å². The summed E-state index contributed by atoms with van der Waals surface area (Å²) in [6.07, 6.45) is 54.6. The second-order valence-electron chi connectivity index (χ2n) is 17.9. The molecule has 344 valence electrons. The predicted molar refractivity (Wildman–Crippen MR) is 250 cm³/mol. The zero-order chi connectivity index (χ0) is 42.3. The quantitative estimate of drug-likeness (QED) is 0.0323. The number of rotatable bonds is 48. The van der Waals surface area contributed by atoms with Crippen LogP contribution in [0.1, 0.15) is 284 Å². The molecule has 0 heterocycles. The molecule has 0 rings (SSSR count). The highest BCUT2D eigenvalue weighted by Gasteiger charge is 2.20. The van der Waals surface area contributed by atoms with Gasteiger partial charge in [0.15, 0.2) is 0 Å². The van der Waals surface area contributed by atoms with Crippen molar-refractivity contribution < 1.29 is 24.5 Å². The van der Waals surface area contributed by atoms with Crippen LogP contribution in [0.25, 0.3) is 0 Å². The lowest BCUT2D eigenvalue weighted by Gasteiger charge is -2.22. The number of hydrogen-bond donors (Lipinski definition) is 3. The summed E-state index contributed by atoms with van der Waals surface area (Å²) in [4.78, 5) is 24.5. The topological polar surface area (TPSA) is 95.9 Å². The van der Waals surface area contributed by atoms with E-state index in [1.165, 1.54) is 193 Å². The van der Waals surface area contributed by atoms with Gasteiger partial charge < -0.3 is 20.3 Å². The normalized spacial score (nSPS) is 12.7. The number of carbonyl (C=O) groups is 2. The third-order valence-electron chi connectivity index (χ3n) is 12.1. The van der Waals surface area contributed by atoms with Gasteiger partial charge in [0.05, 0.1) is 25.4 Å². The third kappa shape index (κ3) is 44.2. The highest BCUT2D eigenvalue weighted by atomic mass is 16.5. The minimum Gasteiger partial charge on any atom is -0.466 e. The molecule has 0 aromatic carbocycles. The molecular weight excluding hydrogens is 719 g/mol. The Morgan fingerprint density at radius 2 is 0.810 bits per heavy atom. The van der Waals surface area contributed by atoms with Crippen molar-refractivity contribution in [3.05, 3.63) is 12.2 Å². The molecule has 0 aliphatic rings. The fourth-order valence-electron chi connectivity index (χ4n) is 8.05. The fraction of sp³-hybridized carbons (Fsp3) is 0.923. The van der Waals surface area contributed by atoms with Crippen molar-refractivity contribution >= 4 is 11.9 Å². The van der Waals surface area contributed by atoms with E-state index in [0.717, 1.165) is 57.8 Å². The molecule has 0 fully saturated rings. The summed E-state index contributed by atoms with van der Waals surface area (Å²) in [5.74, 6) is -0.0844. The van der Waals surface area contributed by atoms with Crippen molar-refractivity contribution in [2.45, 2.75) is 296 Å². The number of amides is 1. The first-order valence-corrected chi connectivity index (χ1v) is 25.9. The predicted octanol–water partition coefficient (Wildman–Crippen LogP) is 15.3. The van der Waals surface area contributed by atoms with E-state index in [0.29, 0.717) is 25.9 Å². The second kappa shape index (κ2) is 48.3. The minimum atomic E-state index is -0.679. The Kier molecular flexibility index (Phi) is 47.1. The Bertz CT molecular complexity index is 863. The zero-order valence-electron chi connectivity index (χ0n) is 39.0. The van der Waals surface area contributed by atoms with Crippen LogP contribution in [0.15, 0.2) is 12.2 Å². The molecule has 0 spiro atoms. The summed E-state index contributed by atoms with van der Waals surface area (Å²) in [7, 11) is 0. The summed E-state index contributed by atoms with van der Waals surface area (Å²) in [5.41, 5.74) is 0. The summed E-state index contributed by atoms with van der Waals surface area (Å²) in [6, 6.07) is -0.558. The molecule has 2 unspecified atom stereocenters. The number of aliphatic hydroxyl groups excluding tert-OH is 2. The summed E-state index contributed by atoms with van der Waals surface area (Å²) < 4.78 is 5.44. The van der Waals surface area contributed by atoms with Gasteiger partial charge in [-0.1, -0.05) is 231 Å². The van der Waals surface area contributed by atoms with E-state index < -0.39 is 12.1 Å². The van der Waals surface area contributed by atoms with Gasteiger partial charge in [-0.05, 0) is 51.4 Å². The highest BCUT2D eigenvalue weighted by molar-refractivity contribution is 5.76. The molecule has 2 atom stereocenters. The van der Waals surface area contributed by atoms with Crippen LogP contribution in [-0.4, -0.2) is 47.4 Å². The smallest absolute Gasteiger partial charge is 0.305 e. The largest absolute Gasteiger partial charge is 0.466 e. The van der Waals surface area contributed by atoms with Gasteiger partial charge in [-0.3, -0.25) is 9.59 Å². The lowest BCUT2D eigenvalue weighted by molar-refractivity contribution is -0.143. The molecule has 0 saturated heterocycles. The number of allylic oxidation sites excluding steroid dienone is 2. The first kappa shape index (κ1) is 56.6. The van der Waals surface area contributed by atoms with Crippen molar-refractivity contribution in [1.29, 1.82) is 0 Å². The molecule has 0 bridgehead atoms. The second-order valence-corrected chi connectivity index (χ2v) is 17.9. The Labute approximate surface area is 361 Å². The van der Waals surface area contributed by atoms with Crippen molar-refractivity contribution in [3.8, 4) is 0 Å². The number of aliphatic hydroxyl groups is 2. The Balaban J connectivity index is 3.48. The van der Waals surface area contributed by atoms with Gasteiger partial charge in [0, 0.05) is 12.8 Å². The van der Waals surface area contributed by atoms with E-state index in [1.54, 1.807) is 0 Å². The molecular formula is C52H101NO5. The number of esters is 1.